The van der Waals surface area contributed by atoms with E-state index in [2.05, 4.69) is 17.5 Å². The van der Waals surface area contributed by atoms with E-state index in [9.17, 15) is 4.79 Å². The topological polar surface area (TPSA) is 50.7 Å². The highest BCUT2D eigenvalue weighted by Crippen LogP contribution is 2.16. The molecule has 0 saturated carbocycles. The van der Waals surface area contributed by atoms with Crippen LogP contribution in [0, 0.1) is 6.92 Å². The van der Waals surface area contributed by atoms with Crippen molar-refractivity contribution in [1.29, 1.82) is 0 Å². The molecule has 0 saturated heterocycles. The van der Waals surface area contributed by atoms with Gasteiger partial charge in [0.2, 0.25) is 0 Å². The van der Waals surface area contributed by atoms with Crippen LogP contribution >= 0.6 is 0 Å². The summed E-state index contributed by atoms with van der Waals surface area (Å²) in [6.45, 7) is 4.90. The second kappa shape index (κ2) is 11.1. The van der Waals surface area contributed by atoms with E-state index >= 15 is 0 Å². The Morgan fingerprint density at radius 1 is 1.04 bits per heavy atom. The molecule has 26 heavy (non-hydrogen) atoms. The minimum atomic E-state index is -0.226. The van der Waals surface area contributed by atoms with Crippen LogP contribution in [0.5, 0.6) is 5.75 Å². The monoisotopic (exact) mass is 352 g/mol. The van der Waals surface area contributed by atoms with Gasteiger partial charge in [-0.3, -0.25) is 4.79 Å². The average Bonchev–Trinajstić information content (AvgIpc) is 2.66. The molecular formula is C22H28N2O2. The van der Waals surface area contributed by atoms with Gasteiger partial charge in [-0.25, -0.2) is 5.43 Å². The van der Waals surface area contributed by atoms with Crippen molar-refractivity contribution in [2.75, 3.05) is 6.61 Å². The summed E-state index contributed by atoms with van der Waals surface area (Å²) >= 11 is 0. The Balaban J connectivity index is 1.85. The summed E-state index contributed by atoms with van der Waals surface area (Å²) in [7, 11) is 0. The molecular weight excluding hydrogens is 324 g/mol. The van der Waals surface area contributed by atoms with Gasteiger partial charge >= 0.3 is 0 Å². The standard InChI is InChI=1S/C22H28N2O2/c1-3-4-5-6-9-16-26-21-11-8-7-10-20(21)17-23-24-22(25)19-14-12-18(2)13-15-19/h7-8,10-15,17H,3-6,9,16H2,1-2H3,(H,24,25)/b23-17-. The van der Waals surface area contributed by atoms with E-state index in [-0.39, 0.29) is 5.91 Å². The number of hydrazone groups is 1. The van der Waals surface area contributed by atoms with Crippen LogP contribution in [-0.4, -0.2) is 18.7 Å². The van der Waals surface area contributed by atoms with Crippen LogP contribution < -0.4 is 10.2 Å². The van der Waals surface area contributed by atoms with Crippen molar-refractivity contribution < 1.29 is 9.53 Å². The SMILES string of the molecule is CCCCCCCOc1ccccc1/C=N\NC(=O)c1ccc(C)cc1. The number of hydrogen-bond acceptors (Lipinski definition) is 3. The maximum Gasteiger partial charge on any atom is 0.271 e. The van der Waals surface area contributed by atoms with Crippen LogP contribution in [-0.2, 0) is 0 Å². The molecule has 138 valence electrons. The van der Waals surface area contributed by atoms with Crippen LogP contribution in [0.4, 0.5) is 0 Å². The summed E-state index contributed by atoms with van der Waals surface area (Å²) in [6, 6.07) is 15.1. The molecule has 0 spiro atoms. The van der Waals surface area contributed by atoms with Crippen LogP contribution in [0.3, 0.4) is 0 Å². The molecule has 0 heterocycles. The molecule has 2 aromatic carbocycles. The van der Waals surface area contributed by atoms with E-state index in [4.69, 9.17) is 4.74 Å². The van der Waals surface area contributed by atoms with E-state index in [0.29, 0.717) is 12.2 Å². The predicted molar refractivity (Wildman–Crippen MR) is 107 cm³/mol. The molecule has 1 N–H and O–H groups in total. The summed E-state index contributed by atoms with van der Waals surface area (Å²) in [5.74, 6) is 0.562. The number of unbranched alkanes of at least 4 members (excludes halogenated alkanes) is 4. The van der Waals surface area contributed by atoms with Crippen molar-refractivity contribution in [2.24, 2.45) is 5.10 Å². The van der Waals surface area contributed by atoms with Crippen molar-refractivity contribution in [3.05, 3.63) is 65.2 Å². The zero-order chi connectivity index (χ0) is 18.6. The fourth-order valence-electron chi connectivity index (χ4n) is 2.54. The first-order valence-corrected chi connectivity index (χ1v) is 9.32. The van der Waals surface area contributed by atoms with Crippen molar-refractivity contribution in [2.45, 2.75) is 46.0 Å². The largest absolute Gasteiger partial charge is 0.493 e. The summed E-state index contributed by atoms with van der Waals surface area (Å²) < 4.78 is 5.87. The Hall–Kier alpha value is -2.62. The molecule has 0 aliphatic rings. The fraction of sp³-hybridized carbons (Fsp3) is 0.364. The fourth-order valence-corrected chi connectivity index (χ4v) is 2.54. The van der Waals surface area contributed by atoms with Gasteiger partial charge in [0, 0.05) is 11.1 Å². The molecule has 0 radical (unpaired) electrons. The first-order chi connectivity index (χ1) is 12.7. The van der Waals surface area contributed by atoms with E-state index in [1.165, 1.54) is 25.7 Å². The Morgan fingerprint density at radius 2 is 1.77 bits per heavy atom. The number of benzene rings is 2. The maximum atomic E-state index is 12.1. The van der Waals surface area contributed by atoms with Gasteiger partial charge in [-0.2, -0.15) is 5.10 Å². The summed E-state index contributed by atoms with van der Waals surface area (Å²) in [5, 5.41) is 4.07. The number of ether oxygens (including phenoxy) is 1. The molecule has 0 atom stereocenters. The number of nitrogens with one attached hydrogen (secondary N) is 1. The molecule has 2 rings (SSSR count). The van der Waals surface area contributed by atoms with E-state index in [1.54, 1.807) is 18.3 Å². The number of rotatable bonds is 10. The van der Waals surface area contributed by atoms with Crippen molar-refractivity contribution >= 4 is 12.1 Å². The zero-order valence-corrected chi connectivity index (χ0v) is 15.7. The van der Waals surface area contributed by atoms with Gasteiger partial charge in [-0.15, -0.1) is 0 Å². The summed E-state index contributed by atoms with van der Waals surface area (Å²) in [5.41, 5.74) is 5.12. The van der Waals surface area contributed by atoms with E-state index in [1.807, 2.05) is 43.3 Å². The first kappa shape index (κ1) is 19.7. The minimum absolute atomic E-state index is 0.226. The minimum Gasteiger partial charge on any atom is -0.493 e. The third kappa shape index (κ3) is 6.71. The molecule has 0 aromatic heterocycles. The van der Waals surface area contributed by atoms with Gasteiger partial charge in [0.25, 0.3) is 5.91 Å². The Kier molecular flexibility index (Phi) is 8.40. The highest BCUT2D eigenvalue weighted by atomic mass is 16.5. The molecule has 0 aliphatic heterocycles. The molecule has 2 aromatic rings. The Labute approximate surface area is 156 Å². The maximum absolute atomic E-state index is 12.1. The van der Waals surface area contributed by atoms with Gasteiger partial charge in [-0.05, 0) is 37.6 Å². The number of hydrogen-bond donors (Lipinski definition) is 1. The molecule has 0 bridgehead atoms. The lowest BCUT2D eigenvalue weighted by molar-refractivity contribution is 0.0955. The average molecular weight is 352 g/mol. The molecule has 0 aliphatic carbocycles. The van der Waals surface area contributed by atoms with Crippen molar-refractivity contribution in [3.8, 4) is 5.75 Å². The zero-order valence-electron chi connectivity index (χ0n) is 15.7. The second-order valence-corrected chi connectivity index (χ2v) is 6.37. The van der Waals surface area contributed by atoms with Gasteiger partial charge in [-0.1, -0.05) is 62.4 Å². The summed E-state index contributed by atoms with van der Waals surface area (Å²) in [4.78, 5) is 12.1. The molecule has 4 heteroatoms. The van der Waals surface area contributed by atoms with Gasteiger partial charge in [0.05, 0.1) is 12.8 Å². The third-order valence-electron chi connectivity index (χ3n) is 4.11. The highest BCUT2D eigenvalue weighted by Gasteiger charge is 2.04. The van der Waals surface area contributed by atoms with E-state index in [0.717, 1.165) is 23.3 Å². The molecule has 1 amide bonds. The van der Waals surface area contributed by atoms with Crippen LogP contribution in [0.25, 0.3) is 0 Å². The number of carbonyl (C=O) groups is 1. The normalized spacial score (nSPS) is 10.8. The lowest BCUT2D eigenvalue weighted by Crippen LogP contribution is -2.17. The van der Waals surface area contributed by atoms with Crippen LogP contribution in [0.15, 0.2) is 53.6 Å². The molecule has 0 fully saturated rings. The van der Waals surface area contributed by atoms with Crippen molar-refractivity contribution in [3.63, 3.8) is 0 Å². The van der Waals surface area contributed by atoms with Crippen molar-refractivity contribution in [1.82, 2.24) is 5.43 Å². The van der Waals surface area contributed by atoms with Gasteiger partial charge in [0.1, 0.15) is 5.75 Å². The predicted octanol–water partition coefficient (Wildman–Crippen LogP) is 5.11. The Morgan fingerprint density at radius 3 is 2.54 bits per heavy atom. The third-order valence-corrected chi connectivity index (χ3v) is 4.11. The number of carbonyl (C=O) groups excluding carboxylic acids is 1. The second-order valence-electron chi connectivity index (χ2n) is 6.37. The molecule has 4 nitrogen and oxygen atoms in total. The molecule has 0 unspecified atom stereocenters. The number of nitrogens with zero attached hydrogens (tertiary/aromatic N) is 1. The van der Waals surface area contributed by atoms with E-state index < -0.39 is 0 Å². The summed E-state index contributed by atoms with van der Waals surface area (Å²) in [6.07, 6.45) is 7.65. The van der Waals surface area contributed by atoms with Gasteiger partial charge < -0.3 is 4.74 Å². The number of aryl methyl sites for hydroxylation is 1. The highest BCUT2D eigenvalue weighted by molar-refractivity contribution is 5.95. The van der Waals surface area contributed by atoms with Crippen LogP contribution in [0.1, 0.15) is 60.5 Å². The lowest BCUT2D eigenvalue weighted by Gasteiger charge is -2.08. The van der Waals surface area contributed by atoms with Gasteiger partial charge in [0.15, 0.2) is 0 Å². The quantitative estimate of drug-likeness (QED) is 0.367. The lowest BCUT2D eigenvalue weighted by atomic mass is 10.1. The number of amides is 1. The smallest absolute Gasteiger partial charge is 0.271 e. The van der Waals surface area contributed by atoms with Crippen LogP contribution in [0.2, 0.25) is 0 Å². The first-order valence-electron chi connectivity index (χ1n) is 9.32. The Bertz CT molecular complexity index is 708. The number of para-hydroxylation sites is 1.